The third-order valence-electron chi connectivity index (χ3n) is 1.61. The minimum absolute atomic E-state index is 0. The van der Waals surface area contributed by atoms with Gasteiger partial charge >= 0.3 is 0 Å². The van der Waals surface area contributed by atoms with E-state index in [1.165, 1.54) is 25.7 Å². The van der Waals surface area contributed by atoms with Crippen LogP contribution >= 0.6 is 24.8 Å². The maximum atomic E-state index is 5.58. The van der Waals surface area contributed by atoms with Crippen LogP contribution < -0.4 is 11.5 Å². The zero-order chi connectivity index (χ0) is 7.82. The number of rotatable bonds is 6. The van der Waals surface area contributed by atoms with Crippen molar-refractivity contribution in [3.05, 3.63) is 0 Å². The summed E-state index contributed by atoms with van der Waals surface area (Å²) in [5.41, 5.74) is 10.9. The summed E-state index contributed by atoms with van der Waals surface area (Å²) in [6, 6.07) is 0.373. The van der Waals surface area contributed by atoms with Gasteiger partial charge in [-0.3, -0.25) is 0 Å². The molecule has 0 saturated heterocycles. The molecule has 0 aromatic rings. The van der Waals surface area contributed by atoms with Crippen molar-refractivity contribution in [1.29, 1.82) is 0 Å². The van der Waals surface area contributed by atoms with E-state index >= 15 is 0 Å². The Kier molecular flexibility index (Phi) is 21.4. The van der Waals surface area contributed by atoms with E-state index in [4.69, 9.17) is 11.5 Å². The van der Waals surface area contributed by atoms with Gasteiger partial charge in [0.15, 0.2) is 0 Å². The van der Waals surface area contributed by atoms with Gasteiger partial charge in [-0.25, -0.2) is 0 Å². The lowest BCUT2D eigenvalue weighted by Gasteiger charge is -2.02. The van der Waals surface area contributed by atoms with E-state index in [1.54, 1.807) is 0 Å². The third kappa shape index (κ3) is 16.8. The van der Waals surface area contributed by atoms with E-state index in [-0.39, 0.29) is 24.8 Å². The third-order valence-corrected chi connectivity index (χ3v) is 1.61. The highest BCUT2D eigenvalue weighted by molar-refractivity contribution is 5.85. The van der Waals surface area contributed by atoms with Crippen LogP contribution in [0.15, 0.2) is 0 Å². The summed E-state index contributed by atoms with van der Waals surface area (Å²) in [6.07, 6.45) is 6.14. The highest BCUT2D eigenvalue weighted by Gasteiger charge is 1.92. The first-order valence-electron chi connectivity index (χ1n) is 4.23. The normalized spacial score (nSPS) is 11.2. The van der Waals surface area contributed by atoms with Gasteiger partial charge in [-0.1, -0.05) is 19.3 Å². The van der Waals surface area contributed by atoms with Crippen molar-refractivity contribution < 1.29 is 0 Å². The molecular formula is C8H22Cl2N2. The fraction of sp³-hybridized carbons (Fsp3) is 1.00. The second kappa shape index (κ2) is 14.0. The van der Waals surface area contributed by atoms with Crippen molar-refractivity contribution >= 4 is 24.8 Å². The first-order valence-corrected chi connectivity index (χ1v) is 4.23. The molecule has 0 aromatic heterocycles. The Bertz CT molecular complexity index is 70.1. The molecule has 0 amide bonds. The summed E-state index contributed by atoms with van der Waals surface area (Å²) in [4.78, 5) is 0. The van der Waals surface area contributed by atoms with Gasteiger partial charge in [-0.2, -0.15) is 0 Å². The van der Waals surface area contributed by atoms with E-state index < -0.39 is 0 Å². The standard InChI is InChI=1S/C8H20N2.2ClH/c1-8(10)6-4-2-3-5-7-9;;/h8H,2-7,9-10H2,1H3;2*1H. The van der Waals surface area contributed by atoms with Gasteiger partial charge in [0.1, 0.15) is 0 Å². The zero-order valence-corrected chi connectivity index (χ0v) is 9.42. The summed E-state index contributed by atoms with van der Waals surface area (Å²) in [5, 5.41) is 0. The van der Waals surface area contributed by atoms with Crippen LogP contribution in [0.5, 0.6) is 0 Å². The minimum atomic E-state index is 0. The molecule has 0 heterocycles. The molecule has 78 valence electrons. The maximum absolute atomic E-state index is 5.58. The predicted molar refractivity (Wildman–Crippen MR) is 60.3 cm³/mol. The topological polar surface area (TPSA) is 52.0 Å². The van der Waals surface area contributed by atoms with Gasteiger partial charge in [0.2, 0.25) is 0 Å². The molecule has 0 rings (SSSR count). The molecule has 4 N–H and O–H groups in total. The molecule has 0 fully saturated rings. The van der Waals surface area contributed by atoms with Crippen molar-refractivity contribution in [2.24, 2.45) is 11.5 Å². The molecule has 1 unspecified atom stereocenters. The molecule has 1 atom stereocenters. The molecule has 0 bridgehead atoms. The van der Waals surface area contributed by atoms with E-state index in [1.807, 2.05) is 0 Å². The van der Waals surface area contributed by atoms with Crippen molar-refractivity contribution in [3.63, 3.8) is 0 Å². The minimum Gasteiger partial charge on any atom is -0.330 e. The van der Waals surface area contributed by atoms with Crippen LogP contribution in [0.1, 0.15) is 39.0 Å². The largest absolute Gasteiger partial charge is 0.330 e. The first-order chi connectivity index (χ1) is 4.77. The van der Waals surface area contributed by atoms with Crippen LogP contribution in [-0.2, 0) is 0 Å². The Morgan fingerprint density at radius 2 is 1.50 bits per heavy atom. The highest BCUT2D eigenvalue weighted by atomic mass is 35.5. The zero-order valence-electron chi connectivity index (χ0n) is 7.79. The number of nitrogens with two attached hydrogens (primary N) is 2. The van der Waals surface area contributed by atoms with E-state index in [9.17, 15) is 0 Å². The van der Waals surface area contributed by atoms with Crippen LogP contribution in [-0.4, -0.2) is 12.6 Å². The van der Waals surface area contributed by atoms with Gasteiger partial charge in [0, 0.05) is 6.04 Å². The van der Waals surface area contributed by atoms with Gasteiger partial charge < -0.3 is 11.5 Å². The summed E-state index contributed by atoms with van der Waals surface area (Å²) >= 11 is 0. The van der Waals surface area contributed by atoms with Gasteiger partial charge in [0.25, 0.3) is 0 Å². The molecule has 0 saturated carbocycles. The summed E-state index contributed by atoms with van der Waals surface area (Å²) in [6.45, 7) is 2.89. The Morgan fingerprint density at radius 1 is 1.00 bits per heavy atom. The molecule has 0 aliphatic rings. The predicted octanol–water partition coefficient (Wildman–Crippen LogP) is 2.09. The Morgan fingerprint density at radius 3 is 1.92 bits per heavy atom. The van der Waals surface area contributed by atoms with E-state index in [0.29, 0.717) is 6.04 Å². The van der Waals surface area contributed by atoms with Crippen LogP contribution in [0.25, 0.3) is 0 Å². The van der Waals surface area contributed by atoms with Crippen molar-refractivity contribution in [3.8, 4) is 0 Å². The lowest BCUT2D eigenvalue weighted by atomic mass is 10.1. The Labute approximate surface area is 88.3 Å². The fourth-order valence-electron chi connectivity index (χ4n) is 0.964. The second-order valence-electron chi connectivity index (χ2n) is 2.97. The Hall–Kier alpha value is 0.500. The van der Waals surface area contributed by atoms with Crippen molar-refractivity contribution in [1.82, 2.24) is 0 Å². The number of unbranched alkanes of at least 4 members (excludes halogenated alkanes) is 3. The summed E-state index contributed by atoms with van der Waals surface area (Å²) in [5.74, 6) is 0. The first kappa shape index (κ1) is 18.3. The van der Waals surface area contributed by atoms with E-state index in [2.05, 4.69) is 6.92 Å². The maximum Gasteiger partial charge on any atom is 0.00104 e. The molecule has 4 heteroatoms. The van der Waals surface area contributed by atoms with E-state index in [0.717, 1.165) is 13.0 Å². The van der Waals surface area contributed by atoms with Crippen molar-refractivity contribution in [2.75, 3.05) is 6.54 Å². The molecular weight excluding hydrogens is 195 g/mol. The fourth-order valence-corrected chi connectivity index (χ4v) is 0.964. The SMILES string of the molecule is CC(N)CCCCCCN.Cl.Cl. The average molecular weight is 217 g/mol. The van der Waals surface area contributed by atoms with Gasteiger partial charge in [0.05, 0.1) is 0 Å². The van der Waals surface area contributed by atoms with Crippen LogP contribution in [0.4, 0.5) is 0 Å². The molecule has 0 radical (unpaired) electrons. The monoisotopic (exact) mass is 216 g/mol. The number of halogens is 2. The smallest absolute Gasteiger partial charge is 0.00104 e. The highest BCUT2D eigenvalue weighted by Crippen LogP contribution is 2.03. The molecule has 2 nitrogen and oxygen atoms in total. The summed E-state index contributed by atoms with van der Waals surface area (Å²) in [7, 11) is 0. The average Bonchev–Trinajstić information content (AvgIpc) is 1.87. The molecule has 0 aromatic carbocycles. The van der Waals surface area contributed by atoms with Gasteiger partial charge in [-0.05, 0) is 26.3 Å². The Balaban J connectivity index is -0.000000405. The van der Waals surface area contributed by atoms with Crippen LogP contribution in [0.2, 0.25) is 0 Å². The van der Waals surface area contributed by atoms with Gasteiger partial charge in [-0.15, -0.1) is 24.8 Å². The lowest BCUT2D eigenvalue weighted by Crippen LogP contribution is -2.13. The quantitative estimate of drug-likeness (QED) is 0.669. The number of hydrogen-bond acceptors (Lipinski definition) is 2. The summed E-state index contributed by atoms with van der Waals surface area (Å²) < 4.78 is 0. The van der Waals surface area contributed by atoms with Crippen molar-refractivity contribution in [2.45, 2.75) is 45.1 Å². The second-order valence-corrected chi connectivity index (χ2v) is 2.97. The lowest BCUT2D eigenvalue weighted by molar-refractivity contribution is 0.569. The van der Waals surface area contributed by atoms with Crippen LogP contribution in [0, 0.1) is 0 Å². The molecule has 0 spiro atoms. The molecule has 0 aliphatic heterocycles. The van der Waals surface area contributed by atoms with Crippen LogP contribution in [0.3, 0.4) is 0 Å². The number of hydrogen-bond donors (Lipinski definition) is 2. The molecule has 0 aliphatic carbocycles. The molecule has 12 heavy (non-hydrogen) atoms.